The lowest BCUT2D eigenvalue weighted by Crippen LogP contribution is -2.28. The number of halogens is 1. The van der Waals surface area contributed by atoms with Crippen molar-refractivity contribution in [3.8, 4) is 22.4 Å². The number of rotatable bonds is 7. The van der Waals surface area contributed by atoms with E-state index < -0.39 is 11.2 Å². The Morgan fingerprint density at radius 3 is 2.55 bits per heavy atom. The highest BCUT2D eigenvalue weighted by Gasteiger charge is 2.35. The van der Waals surface area contributed by atoms with Gasteiger partial charge in [-0.05, 0) is 48.6 Å². The van der Waals surface area contributed by atoms with E-state index in [0.717, 1.165) is 46.2 Å². The van der Waals surface area contributed by atoms with Crippen LogP contribution in [0.4, 0.5) is 11.6 Å². The van der Waals surface area contributed by atoms with E-state index in [1.165, 1.54) is 11.3 Å². The highest BCUT2D eigenvalue weighted by molar-refractivity contribution is 7.94. The molecule has 5 rings (SSSR count). The number of anilines is 2. The lowest BCUT2D eigenvalue weighted by molar-refractivity contribution is 0.311. The zero-order valence-corrected chi connectivity index (χ0v) is 20.0. The van der Waals surface area contributed by atoms with E-state index in [4.69, 9.17) is 27.4 Å². The van der Waals surface area contributed by atoms with Gasteiger partial charge in [0, 0.05) is 46.1 Å². The van der Waals surface area contributed by atoms with Gasteiger partial charge >= 0.3 is 0 Å². The van der Waals surface area contributed by atoms with Crippen LogP contribution in [0.5, 0.6) is 0 Å². The van der Waals surface area contributed by atoms with E-state index in [1.54, 1.807) is 12.4 Å². The van der Waals surface area contributed by atoms with E-state index >= 15 is 0 Å². The van der Waals surface area contributed by atoms with Gasteiger partial charge in [-0.1, -0.05) is 35.1 Å². The third-order valence-corrected chi connectivity index (χ3v) is 9.25. The predicted octanol–water partition coefficient (Wildman–Crippen LogP) is 4.72. The van der Waals surface area contributed by atoms with E-state index in [2.05, 4.69) is 15.3 Å². The molecule has 0 spiro atoms. The van der Waals surface area contributed by atoms with Crippen LogP contribution in [0, 0.1) is 0 Å². The van der Waals surface area contributed by atoms with Gasteiger partial charge in [-0.25, -0.2) is 15.0 Å². The number of hydrogen-bond acceptors (Lipinski definition) is 8. The molecule has 1 aliphatic rings. The van der Waals surface area contributed by atoms with E-state index in [0.29, 0.717) is 33.1 Å². The molecule has 3 aromatic heterocycles. The molecule has 1 aliphatic carbocycles. The lowest BCUT2D eigenvalue weighted by atomic mass is 10.00. The van der Waals surface area contributed by atoms with Gasteiger partial charge in [0.2, 0.25) is 10.2 Å². The quantitative estimate of drug-likeness (QED) is 0.314. The van der Waals surface area contributed by atoms with Crippen molar-refractivity contribution in [1.29, 1.82) is 0 Å². The van der Waals surface area contributed by atoms with E-state index in [1.807, 2.05) is 30.3 Å². The monoisotopic (exact) mass is 499 g/mol. The second kappa shape index (κ2) is 9.44. The molecule has 7 nitrogen and oxygen atoms in total. The number of fused-ring (bicyclic) bond motifs is 1. The summed E-state index contributed by atoms with van der Waals surface area (Å²) in [5.41, 5.74) is 10.4. The number of nitrogens with two attached hydrogens (primary N) is 1. The normalized spacial score (nSPS) is 14.9. The number of aliphatic hydroxyl groups excluding tert-OH is 1. The maximum absolute atomic E-state index is 13.1. The molecule has 1 atom stereocenters. The SMILES string of the molecule is Nc1c([S+]([O-])C2CCC2)sc2nc(-c3cnc(NCCO)nc3)cc(-c3ccc(Cl)cc3)c12. The minimum atomic E-state index is -1.13. The Morgan fingerprint density at radius 1 is 1.18 bits per heavy atom. The number of aliphatic hydroxyl groups is 1. The average molecular weight is 500 g/mol. The fraction of sp³-hybridized carbons (Fsp3) is 0.261. The van der Waals surface area contributed by atoms with Gasteiger partial charge in [0.1, 0.15) is 15.8 Å². The van der Waals surface area contributed by atoms with Crippen molar-refractivity contribution < 1.29 is 9.66 Å². The summed E-state index contributed by atoms with van der Waals surface area (Å²) in [5, 5.41) is 13.5. The molecule has 4 aromatic rings. The number of pyridine rings is 1. The molecule has 170 valence electrons. The Morgan fingerprint density at radius 2 is 1.91 bits per heavy atom. The van der Waals surface area contributed by atoms with Crippen LogP contribution >= 0.6 is 22.9 Å². The largest absolute Gasteiger partial charge is 0.611 e. The molecule has 0 bridgehead atoms. The van der Waals surface area contributed by atoms with Gasteiger partial charge in [0.25, 0.3) is 0 Å². The van der Waals surface area contributed by atoms with Crippen LogP contribution in [0.15, 0.2) is 46.9 Å². The summed E-state index contributed by atoms with van der Waals surface area (Å²) in [6.07, 6.45) is 6.44. The first kappa shape index (κ1) is 22.4. The molecule has 4 N–H and O–H groups in total. The molecule has 0 radical (unpaired) electrons. The number of nitrogen functional groups attached to an aromatic ring is 1. The van der Waals surface area contributed by atoms with Crippen LogP contribution in [0.2, 0.25) is 5.02 Å². The molecule has 0 amide bonds. The summed E-state index contributed by atoms with van der Waals surface area (Å²) in [7, 11) is 0. The predicted molar refractivity (Wildman–Crippen MR) is 135 cm³/mol. The standard InChI is InChI=1S/C23H22ClN5O2S2/c24-15-6-4-13(5-7-15)17-10-18(14-11-27-23(28-12-14)26-8-9-30)29-21-19(17)20(25)22(32-21)33(31)16-2-1-3-16/h4-7,10-12,16,30H,1-3,8-9,25H2,(H,26,27,28). The van der Waals surface area contributed by atoms with Crippen LogP contribution < -0.4 is 11.1 Å². The maximum atomic E-state index is 13.1. The molecule has 10 heteroatoms. The molecular formula is C23H22ClN5O2S2. The van der Waals surface area contributed by atoms with Gasteiger partial charge in [-0.15, -0.1) is 0 Å². The minimum absolute atomic E-state index is 0.00184. The van der Waals surface area contributed by atoms with Crippen molar-refractivity contribution in [2.45, 2.75) is 28.7 Å². The zero-order chi connectivity index (χ0) is 22.9. The Balaban J connectivity index is 1.64. The zero-order valence-electron chi connectivity index (χ0n) is 17.6. The van der Waals surface area contributed by atoms with Crippen LogP contribution in [-0.2, 0) is 11.2 Å². The van der Waals surface area contributed by atoms with Gasteiger partial charge in [0.15, 0.2) is 0 Å². The van der Waals surface area contributed by atoms with Crippen molar-refractivity contribution in [1.82, 2.24) is 15.0 Å². The van der Waals surface area contributed by atoms with Crippen molar-refractivity contribution in [2.75, 3.05) is 24.2 Å². The van der Waals surface area contributed by atoms with Crippen LogP contribution in [-0.4, -0.2) is 43.0 Å². The summed E-state index contributed by atoms with van der Waals surface area (Å²) in [4.78, 5) is 14.2. The molecule has 0 saturated heterocycles. The summed E-state index contributed by atoms with van der Waals surface area (Å²) in [6, 6.07) is 9.52. The van der Waals surface area contributed by atoms with Crippen LogP contribution in [0.25, 0.3) is 32.6 Å². The highest BCUT2D eigenvalue weighted by Crippen LogP contribution is 2.45. The lowest BCUT2D eigenvalue weighted by Gasteiger charge is -2.27. The van der Waals surface area contributed by atoms with Crippen molar-refractivity contribution in [3.63, 3.8) is 0 Å². The molecule has 1 unspecified atom stereocenters. The van der Waals surface area contributed by atoms with Crippen molar-refractivity contribution >= 4 is 56.0 Å². The number of aromatic nitrogens is 3. The number of thiophene rings is 1. The Labute approximate surface area is 203 Å². The Kier molecular flexibility index (Phi) is 6.40. The summed E-state index contributed by atoms with van der Waals surface area (Å²) < 4.78 is 13.8. The van der Waals surface area contributed by atoms with Gasteiger partial charge in [0.05, 0.1) is 12.3 Å². The fourth-order valence-electron chi connectivity index (χ4n) is 3.71. The summed E-state index contributed by atoms with van der Waals surface area (Å²) in [5.74, 6) is 0.436. The average Bonchev–Trinajstić information content (AvgIpc) is 3.13. The third-order valence-electron chi connectivity index (χ3n) is 5.70. The molecule has 33 heavy (non-hydrogen) atoms. The number of hydrogen-bond donors (Lipinski definition) is 3. The van der Waals surface area contributed by atoms with Gasteiger partial charge < -0.3 is 20.7 Å². The molecule has 3 heterocycles. The molecule has 1 aromatic carbocycles. The van der Waals surface area contributed by atoms with Gasteiger partial charge in [-0.3, -0.25) is 0 Å². The maximum Gasteiger partial charge on any atom is 0.232 e. The number of nitrogens with one attached hydrogen (secondary N) is 1. The highest BCUT2D eigenvalue weighted by atomic mass is 35.5. The molecular weight excluding hydrogens is 478 g/mol. The smallest absolute Gasteiger partial charge is 0.232 e. The summed E-state index contributed by atoms with van der Waals surface area (Å²) in [6.45, 7) is 0.373. The topological polar surface area (TPSA) is 120 Å². The Bertz CT molecular complexity index is 1280. The van der Waals surface area contributed by atoms with Crippen LogP contribution in [0.3, 0.4) is 0 Å². The van der Waals surface area contributed by atoms with E-state index in [-0.39, 0.29) is 11.9 Å². The molecule has 1 fully saturated rings. The van der Waals surface area contributed by atoms with Gasteiger partial charge in [-0.2, -0.15) is 0 Å². The van der Waals surface area contributed by atoms with Crippen LogP contribution in [0.1, 0.15) is 19.3 Å². The second-order valence-corrected chi connectivity index (χ2v) is 11.2. The first-order valence-corrected chi connectivity index (χ1v) is 13.0. The van der Waals surface area contributed by atoms with E-state index in [9.17, 15) is 4.55 Å². The summed E-state index contributed by atoms with van der Waals surface area (Å²) >= 11 is 6.39. The fourth-order valence-corrected chi connectivity index (χ4v) is 7.05. The second-order valence-electron chi connectivity index (χ2n) is 7.84. The first-order chi connectivity index (χ1) is 16.0. The number of nitrogens with zero attached hydrogens (tertiary/aromatic N) is 3. The first-order valence-electron chi connectivity index (χ1n) is 10.6. The number of benzene rings is 1. The minimum Gasteiger partial charge on any atom is -0.611 e. The third kappa shape index (κ3) is 4.39. The molecule has 1 saturated carbocycles. The Hall–Kier alpha value is -2.43. The van der Waals surface area contributed by atoms with Crippen molar-refractivity contribution in [3.05, 3.63) is 47.7 Å². The molecule has 0 aliphatic heterocycles. The van der Waals surface area contributed by atoms with Crippen molar-refractivity contribution in [2.24, 2.45) is 0 Å².